The smallest absolute Gasteiger partial charge is 0.251 e. The Labute approximate surface area is 181 Å². The Bertz CT molecular complexity index is 1080. The highest BCUT2D eigenvalue weighted by molar-refractivity contribution is 6.29. The normalized spacial score (nSPS) is 15.7. The number of pyridine rings is 1. The molecule has 1 aromatic heterocycles. The average molecular weight is 425 g/mol. The lowest BCUT2D eigenvalue weighted by Gasteiger charge is -2.38. The first-order valence-corrected chi connectivity index (χ1v) is 10.5. The number of fused-ring (bicyclic) bond motifs is 1. The van der Waals surface area contributed by atoms with Crippen molar-refractivity contribution in [2.45, 2.75) is 25.2 Å². The highest BCUT2D eigenvalue weighted by Gasteiger charge is 2.37. The predicted octanol–water partition coefficient (Wildman–Crippen LogP) is 4.68. The minimum Gasteiger partial charge on any atom is -0.496 e. The van der Waals surface area contributed by atoms with Gasteiger partial charge in [0.25, 0.3) is 5.91 Å². The van der Waals surface area contributed by atoms with Gasteiger partial charge < -0.3 is 14.8 Å². The molecule has 0 bridgehead atoms. The second-order valence-electron chi connectivity index (χ2n) is 7.82. The van der Waals surface area contributed by atoms with E-state index in [1.54, 1.807) is 19.2 Å². The van der Waals surface area contributed by atoms with E-state index in [0.717, 1.165) is 35.1 Å². The Hall–Kier alpha value is -2.63. The van der Waals surface area contributed by atoms with Gasteiger partial charge in [-0.25, -0.2) is 4.98 Å². The van der Waals surface area contributed by atoms with Gasteiger partial charge in [0.2, 0.25) is 0 Å². The van der Waals surface area contributed by atoms with E-state index in [1.807, 2.05) is 30.3 Å². The molecular formula is C24H25ClN2O3. The van der Waals surface area contributed by atoms with Crippen LogP contribution in [0, 0.1) is 6.92 Å². The molecule has 0 saturated carbocycles. The van der Waals surface area contributed by atoms with Gasteiger partial charge >= 0.3 is 0 Å². The molecule has 156 valence electrons. The van der Waals surface area contributed by atoms with Crippen molar-refractivity contribution >= 4 is 28.4 Å². The molecule has 0 atom stereocenters. The Morgan fingerprint density at radius 3 is 2.73 bits per heavy atom. The Morgan fingerprint density at radius 2 is 1.97 bits per heavy atom. The van der Waals surface area contributed by atoms with Gasteiger partial charge in [-0.05, 0) is 56.2 Å². The van der Waals surface area contributed by atoms with Crippen LogP contribution < -0.4 is 10.1 Å². The molecule has 0 spiro atoms. The summed E-state index contributed by atoms with van der Waals surface area (Å²) in [7, 11) is 1.69. The largest absolute Gasteiger partial charge is 0.496 e. The lowest BCUT2D eigenvalue weighted by atomic mass is 9.73. The molecule has 1 fully saturated rings. The number of aromatic nitrogens is 1. The molecule has 4 rings (SSSR count). The molecule has 1 aliphatic rings. The van der Waals surface area contributed by atoms with Crippen LogP contribution in [0.3, 0.4) is 0 Å². The number of amides is 1. The fraction of sp³-hybridized carbons (Fsp3) is 0.333. The summed E-state index contributed by atoms with van der Waals surface area (Å²) >= 11 is 5.96. The number of nitrogens with zero attached hydrogens (tertiary/aromatic N) is 1. The topological polar surface area (TPSA) is 60.5 Å². The van der Waals surface area contributed by atoms with Crippen LogP contribution in [0.25, 0.3) is 10.9 Å². The molecule has 1 aliphatic heterocycles. The Balaban J connectivity index is 1.60. The molecule has 2 heterocycles. The summed E-state index contributed by atoms with van der Waals surface area (Å²) in [5.41, 5.74) is 3.45. The molecule has 30 heavy (non-hydrogen) atoms. The zero-order chi connectivity index (χ0) is 21.1. The van der Waals surface area contributed by atoms with E-state index in [4.69, 9.17) is 21.1 Å². The van der Waals surface area contributed by atoms with Gasteiger partial charge in [0.1, 0.15) is 10.9 Å². The summed E-state index contributed by atoms with van der Waals surface area (Å²) in [6.45, 7) is 3.92. The molecule has 3 aromatic rings. The van der Waals surface area contributed by atoms with Gasteiger partial charge in [0.05, 0.1) is 12.6 Å². The molecular weight excluding hydrogens is 400 g/mol. The minimum absolute atomic E-state index is 0.107. The van der Waals surface area contributed by atoms with Crippen molar-refractivity contribution in [2.75, 3.05) is 26.9 Å². The van der Waals surface area contributed by atoms with Crippen LogP contribution in [0.1, 0.15) is 34.3 Å². The van der Waals surface area contributed by atoms with Crippen molar-refractivity contribution in [1.82, 2.24) is 10.3 Å². The standard InChI is InChI=1S/C24H25ClN2O3/c1-16-3-7-21(29-2)19(13-16)24(9-11-30-12-10-24)15-26-23(28)18-4-6-20-17(14-18)5-8-22(25)27-20/h3-8,13-14H,9-12,15H2,1-2H3,(H,26,28). The zero-order valence-corrected chi connectivity index (χ0v) is 18.0. The monoisotopic (exact) mass is 424 g/mol. The maximum absolute atomic E-state index is 13.0. The summed E-state index contributed by atoms with van der Waals surface area (Å²) in [6, 6.07) is 15.3. The van der Waals surface area contributed by atoms with Crippen molar-refractivity contribution in [3.63, 3.8) is 0 Å². The van der Waals surface area contributed by atoms with Crippen LogP contribution in [0.2, 0.25) is 5.15 Å². The third-order valence-corrected chi connectivity index (χ3v) is 6.09. The third-order valence-electron chi connectivity index (χ3n) is 5.88. The van der Waals surface area contributed by atoms with Crippen LogP contribution in [0.5, 0.6) is 5.75 Å². The first kappa shape index (κ1) is 20.6. The maximum Gasteiger partial charge on any atom is 0.251 e. The lowest BCUT2D eigenvalue weighted by Crippen LogP contribution is -2.44. The number of hydrogen-bond acceptors (Lipinski definition) is 4. The van der Waals surface area contributed by atoms with E-state index < -0.39 is 0 Å². The number of halogens is 1. The van der Waals surface area contributed by atoms with E-state index in [9.17, 15) is 4.79 Å². The van der Waals surface area contributed by atoms with E-state index in [1.165, 1.54) is 5.56 Å². The van der Waals surface area contributed by atoms with Crippen LogP contribution in [0.4, 0.5) is 0 Å². The number of aryl methyl sites for hydroxylation is 1. The summed E-state index contributed by atoms with van der Waals surface area (Å²) in [6.07, 6.45) is 1.65. The van der Waals surface area contributed by atoms with Crippen LogP contribution >= 0.6 is 11.6 Å². The van der Waals surface area contributed by atoms with E-state index in [2.05, 4.69) is 23.3 Å². The van der Waals surface area contributed by atoms with Gasteiger partial charge in [-0.3, -0.25) is 4.79 Å². The number of carbonyl (C=O) groups excluding carboxylic acids is 1. The summed E-state index contributed by atoms with van der Waals surface area (Å²) < 4.78 is 11.3. The third kappa shape index (κ3) is 4.13. The molecule has 2 aromatic carbocycles. The van der Waals surface area contributed by atoms with Crippen molar-refractivity contribution in [1.29, 1.82) is 0 Å². The molecule has 0 radical (unpaired) electrons. The number of benzene rings is 2. The predicted molar refractivity (Wildman–Crippen MR) is 119 cm³/mol. The summed E-state index contributed by atoms with van der Waals surface area (Å²) in [4.78, 5) is 17.3. The molecule has 0 unspecified atom stereocenters. The number of nitrogens with one attached hydrogen (secondary N) is 1. The van der Waals surface area contributed by atoms with Crippen LogP contribution in [-0.2, 0) is 10.2 Å². The summed E-state index contributed by atoms with van der Waals surface area (Å²) in [5.74, 6) is 0.745. The molecule has 1 N–H and O–H groups in total. The van der Waals surface area contributed by atoms with Gasteiger partial charge in [0.15, 0.2) is 0 Å². The van der Waals surface area contributed by atoms with Gasteiger partial charge in [-0.1, -0.05) is 29.3 Å². The van der Waals surface area contributed by atoms with Gasteiger partial charge in [0, 0.05) is 41.7 Å². The number of hydrogen-bond donors (Lipinski definition) is 1. The van der Waals surface area contributed by atoms with Gasteiger partial charge in [-0.15, -0.1) is 0 Å². The van der Waals surface area contributed by atoms with Crippen LogP contribution in [-0.4, -0.2) is 37.8 Å². The first-order valence-electron chi connectivity index (χ1n) is 10.1. The van der Waals surface area contributed by atoms with E-state index >= 15 is 0 Å². The molecule has 6 heteroatoms. The quantitative estimate of drug-likeness (QED) is 0.604. The van der Waals surface area contributed by atoms with Crippen molar-refractivity contribution in [3.05, 3.63) is 70.4 Å². The van der Waals surface area contributed by atoms with Gasteiger partial charge in [-0.2, -0.15) is 0 Å². The SMILES string of the molecule is COc1ccc(C)cc1C1(CNC(=O)c2ccc3nc(Cl)ccc3c2)CCOCC1. The lowest BCUT2D eigenvalue weighted by molar-refractivity contribution is 0.0479. The average Bonchev–Trinajstić information content (AvgIpc) is 2.77. The number of rotatable bonds is 5. The fourth-order valence-corrected chi connectivity index (χ4v) is 4.29. The molecule has 5 nitrogen and oxygen atoms in total. The highest BCUT2D eigenvalue weighted by atomic mass is 35.5. The van der Waals surface area contributed by atoms with Crippen molar-refractivity contribution < 1.29 is 14.3 Å². The fourth-order valence-electron chi connectivity index (χ4n) is 4.13. The molecule has 1 saturated heterocycles. The number of ether oxygens (including phenoxy) is 2. The zero-order valence-electron chi connectivity index (χ0n) is 17.2. The maximum atomic E-state index is 13.0. The van der Waals surface area contributed by atoms with E-state index in [0.29, 0.717) is 30.5 Å². The molecule has 1 amide bonds. The molecule has 0 aliphatic carbocycles. The minimum atomic E-state index is -0.225. The second kappa shape index (κ2) is 8.62. The van der Waals surface area contributed by atoms with Crippen molar-refractivity contribution in [3.8, 4) is 5.75 Å². The number of methoxy groups -OCH3 is 1. The van der Waals surface area contributed by atoms with E-state index in [-0.39, 0.29) is 11.3 Å². The number of carbonyl (C=O) groups is 1. The Kier molecular flexibility index (Phi) is 5.93. The highest BCUT2D eigenvalue weighted by Crippen LogP contribution is 2.40. The Morgan fingerprint density at radius 1 is 1.17 bits per heavy atom. The summed E-state index contributed by atoms with van der Waals surface area (Å²) in [5, 5.41) is 4.48. The van der Waals surface area contributed by atoms with Crippen LogP contribution in [0.15, 0.2) is 48.5 Å². The first-order chi connectivity index (χ1) is 14.5. The van der Waals surface area contributed by atoms with Crippen molar-refractivity contribution in [2.24, 2.45) is 0 Å². The second-order valence-corrected chi connectivity index (χ2v) is 8.21.